The monoisotopic (exact) mass is 644 g/mol. The number of unbranched alkanes of at least 4 members (excludes halogenated alkanes) is 1. The molecule has 4 rings (SSSR count). The van der Waals surface area contributed by atoms with Crippen LogP contribution >= 0.6 is 24.8 Å². The summed E-state index contributed by atoms with van der Waals surface area (Å²) in [7, 11) is -3.34. The van der Waals surface area contributed by atoms with Crippen molar-refractivity contribution < 1.29 is 18.0 Å². The Morgan fingerprint density at radius 3 is 2.26 bits per heavy atom. The van der Waals surface area contributed by atoms with E-state index in [9.17, 15) is 18.0 Å². The third-order valence-electron chi connectivity index (χ3n) is 8.17. The van der Waals surface area contributed by atoms with Crippen molar-refractivity contribution in [1.82, 2.24) is 24.9 Å². The molecule has 13 heteroatoms. The molecule has 0 saturated carbocycles. The fraction of sp³-hybridized carbons (Fsp3) is 0.621. The van der Waals surface area contributed by atoms with Gasteiger partial charge in [0, 0.05) is 43.1 Å². The highest BCUT2D eigenvalue weighted by molar-refractivity contribution is 7.92. The van der Waals surface area contributed by atoms with Crippen LogP contribution in [0.2, 0.25) is 0 Å². The molecule has 2 amide bonds. The first-order valence-corrected chi connectivity index (χ1v) is 16.2. The normalized spacial score (nSPS) is 18.9. The Hall–Kier alpha value is -2.34. The average molecular weight is 646 g/mol. The van der Waals surface area contributed by atoms with Crippen molar-refractivity contribution in [3.8, 4) is 5.69 Å². The Labute approximate surface area is 262 Å². The lowest BCUT2D eigenvalue weighted by atomic mass is 9.80. The lowest BCUT2D eigenvalue weighted by molar-refractivity contribution is -0.161. The molecule has 0 aliphatic carbocycles. The summed E-state index contributed by atoms with van der Waals surface area (Å²) in [6.45, 7) is 13.1. The Bertz CT molecular complexity index is 1340. The number of piperazine rings is 1. The minimum absolute atomic E-state index is 0. The number of hydrogen-bond acceptors (Lipinski definition) is 6. The molecule has 2 fully saturated rings. The number of nitrogens with zero attached hydrogens (tertiary/aromatic N) is 4. The lowest BCUT2D eigenvalue weighted by Gasteiger charge is -2.52. The maximum atomic E-state index is 13.5. The Morgan fingerprint density at radius 1 is 1.10 bits per heavy atom. The molecular formula is C29H46Cl2N6O4S. The van der Waals surface area contributed by atoms with Crippen molar-refractivity contribution in [2.24, 2.45) is 5.92 Å². The SMILES string of the molecule is CCCCN1C(=O)[C@H](CC(C)C)NC(=O)C12CCN(Cc1c(C)nn(-c3ccc(NS(C)(=O)=O)cc3)c1C)CC2.Cl.Cl. The van der Waals surface area contributed by atoms with E-state index in [1.54, 1.807) is 12.1 Å². The first kappa shape index (κ1) is 35.9. The summed E-state index contributed by atoms with van der Waals surface area (Å²) >= 11 is 0. The van der Waals surface area contributed by atoms with E-state index in [4.69, 9.17) is 5.10 Å². The number of likely N-dealkylation sites (tertiary alicyclic amines) is 1. The van der Waals surface area contributed by atoms with Gasteiger partial charge in [-0.25, -0.2) is 13.1 Å². The molecule has 2 aliphatic heterocycles. The zero-order valence-electron chi connectivity index (χ0n) is 25.5. The number of aryl methyl sites for hydroxylation is 1. The Kier molecular flexibility index (Phi) is 12.3. The number of aromatic nitrogens is 2. The molecule has 2 aromatic rings. The number of anilines is 1. The number of hydrogen-bond donors (Lipinski definition) is 2. The zero-order chi connectivity index (χ0) is 29.2. The van der Waals surface area contributed by atoms with E-state index in [-0.39, 0.29) is 36.6 Å². The summed E-state index contributed by atoms with van der Waals surface area (Å²) in [6.07, 6.45) is 4.88. The molecule has 1 aromatic carbocycles. The van der Waals surface area contributed by atoms with Gasteiger partial charge in [-0.2, -0.15) is 5.10 Å². The first-order chi connectivity index (χ1) is 18.8. The highest BCUT2D eigenvalue weighted by Crippen LogP contribution is 2.35. The van der Waals surface area contributed by atoms with Crippen molar-refractivity contribution in [1.29, 1.82) is 0 Å². The summed E-state index contributed by atoms with van der Waals surface area (Å²) in [5.74, 6) is 0.399. The predicted molar refractivity (Wildman–Crippen MR) is 171 cm³/mol. The molecule has 2 aliphatic rings. The first-order valence-electron chi connectivity index (χ1n) is 14.3. The van der Waals surface area contributed by atoms with Crippen molar-refractivity contribution in [2.45, 2.75) is 84.8 Å². The van der Waals surface area contributed by atoms with Gasteiger partial charge in [0.15, 0.2) is 0 Å². The van der Waals surface area contributed by atoms with Crippen LogP contribution in [0.15, 0.2) is 24.3 Å². The molecule has 42 heavy (non-hydrogen) atoms. The third-order valence-corrected chi connectivity index (χ3v) is 8.78. The number of rotatable bonds is 10. The second kappa shape index (κ2) is 14.4. The summed E-state index contributed by atoms with van der Waals surface area (Å²) in [5.41, 5.74) is 3.67. The van der Waals surface area contributed by atoms with Gasteiger partial charge in [0.1, 0.15) is 11.6 Å². The van der Waals surface area contributed by atoms with E-state index in [0.717, 1.165) is 41.7 Å². The van der Waals surface area contributed by atoms with E-state index in [1.807, 2.05) is 35.6 Å². The van der Waals surface area contributed by atoms with Gasteiger partial charge in [-0.05, 0) is 69.7 Å². The smallest absolute Gasteiger partial charge is 0.246 e. The van der Waals surface area contributed by atoms with Crippen LogP contribution in [0.4, 0.5) is 5.69 Å². The van der Waals surface area contributed by atoms with Gasteiger partial charge in [0.2, 0.25) is 21.8 Å². The van der Waals surface area contributed by atoms with Gasteiger partial charge in [-0.1, -0.05) is 27.2 Å². The van der Waals surface area contributed by atoms with Gasteiger partial charge in [-0.3, -0.25) is 19.2 Å². The summed E-state index contributed by atoms with van der Waals surface area (Å²) < 4.78 is 27.4. The molecule has 1 aromatic heterocycles. The van der Waals surface area contributed by atoms with E-state index in [1.165, 1.54) is 0 Å². The molecule has 2 saturated heterocycles. The maximum Gasteiger partial charge on any atom is 0.246 e. The third kappa shape index (κ3) is 7.78. The molecule has 0 radical (unpaired) electrons. The van der Waals surface area contributed by atoms with Crippen LogP contribution < -0.4 is 10.0 Å². The second-order valence-corrected chi connectivity index (χ2v) is 13.5. The number of carbonyl (C=O) groups excluding carboxylic acids is 2. The molecule has 2 N–H and O–H groups in total. The fourth-order valence-electron chi connectivity index (χ4n) is 5.99. The van der Waals surface area contributed by atoms with Crippen LogP contribution in [0, 0.1) is 19.8 Å². The van der Waals surface area contributed by atoms with Gasteiger partial charge in [0.25, 0.3) is 0 Å². The second-order valence-electron chi connectivity index (χ2n) is 11.8. The molecule has 1 atom stereocenters. The molecule has 236 valence electrons. The number of amides is 2. The van der Waals surface area contributed by atoms with Crippen LogP contribution in [-0.2, 0) is 26.2 Å². The zero-order valence-corrected chi connectivity index (χ0v) is 27.9. The van der Waals surface area contributed by atoms with E-state index in [0.29, 0.717) is 57.0 Å². The van der Waals surface area contributed by atoms with Gasteiger partial charge >= 0.3 is 0 Å². The van der Waals surface area contributed by atoms with Gasteiger partial charge in [-0.15, -0.1) is 24.8 Å². The van der Waals surface area contributed by atoms with Crippen LogP contribution in [0.3, 0.4) is 0 Å². The number of sulfonamides is 1. The molecule has 0 unspecified atom stereocenters. The Morgan fingerprint density at radius 2 is 1.71 bits per heavy atom. The predicted octanol–water partition coefficient (Wildman–Crippen LogP) is 4.21. The number of halogens is 2. The molecule has 3 heterocycles. The lowest BCUT2D eigenvalue weighted by Crippen LogP contribution is -2.73. The highest BCUT2D eigenvalue weighted by atomic mass is 35.5. The average Bonchev–Trinajstić information content (AvgIpc) is 3.16. The summed E-state index contributed by atoms with van der Waals surface area (Å²) in [5, 5.41) is 7.85. The molecule has 10 nitrogen and oxygen atoms in total. The minimum atomic E-state index is -3.34. The summed E-state index contributed by atoms with van der Waals surface area (Å²) in [4.78, 5) is 31.3. The Balaban J connectivity index is 0.00000308. The topological polar surface area (TPSA) is 117 Å². The largest absolute Gasteiger partial charge is 0.342 e. The van der Waals surface area contributed by atoms with E-state index in [2.05, 4.69) is 35.7 Å². The van der Waals surface area contributed by atoms with Gasteiger partial charge < -0.3 is 10.2 Å². The van der Waals surface area contributed by atoms with E-state index >= 15 is 0 Å². The van der Waals surface area contributed by atoms with Crippen molar-refractivity contribution in [3.63, 3.8) is 0 Å². The minimum Gasteiger partial charge on any atom is -0.342 e. The number of nitrogens with one attached hydrogen (secondary N) is 2. The summed E-state index contributed by atoms with van der Waals surface area (Å²) in [6, 6.07) is 6.71. The van der Waals surface area contributed by atoms with Crippen LogP contribution in [0.25, 0.3) is 5.69 Å². The number of piperidine rings is 1. The van der Waals surface area contributed by atoms with Crippen LogP contribution in [-0.4, -0.2) is 77.3 Å². The van der Waals surface area contributed by atoms with Crippen LogP contribution in [0.5, 0.6) is 0 Å². The standard InChI is InChI=1S/C29H44N6O4S.2ClH/c1-7-8-15-34-27(36)26(18-20(2)3)30-28(37)29(34)13-16-33(17-14-29)19-25-21(4)31-35(22(25)5)24-11-9-23(10-12-24)32-40(6,38)39;;/h9-12,20,26,32H,7-8,13-19H2,1-6H3,(H,30,37);2*1H/t26-;;/m0../s1. The maximum absolute atomic E-state index is 13.5. The van der Waals surface area contributed by atoms with Gasteiger partial charge in [0.05, 0.1) is 17.6 Å². The molecular weight excluding hydrogens is 599 g/mol. The molecule has 0 bridgehead atoms. The van der Waals surface area contributed by atoms with Crippen molar-refractivity contribution in [3.05, 3.63) is 41.2 Å². The fourth-order valence-corrected chi connectivity index (χ4v) is 6.55. The van der Waals surface area contributed by atoms with Crippen LogP contribution in [0.1, 0.15) is 69.8 Å². The highest BCUT2D eigenvalue weighted by Gasteiger charge is 2.53. The number of benzene rings is 1. The number of carbonyl (C=O) groups is 2. The molecule has 1 spiro atoms. The quantitative estimate of drug-likeness (QED) is 0.400. The van der Waals surface area contributed by atoms with Crippen molar-refractivity contribution in [2.75, 3.05) is 30.6 Å². The van der Waals surface area contributed by atoms with E-state index < -0.39 is 21.6 Å². The van der Waals surface area contributed by atoms with Crippen molar-refractivity contribution >= 4 is 52.3 Å².